The Morgan fingerprint density at radius 3 is 2.48 bits per heavy atom. The molecule has 1 heterocycles. The molecule has 1 aliphatic rings. The predicted molar refractivity (Wildman–Crippen MR) is 114 cm³/mol. The Morgan fingerprint density at radius 2 is 1.74 bits per heavy atom. The number of nitrogens with zero attached hydrogens (tertiary/aromatic N) is 2. The molecule has 0 bridgehead atoms. The van der Waals surface area contributed by atoms with Gasteiger partial charge in [-0.2, -0.15) is 8.42 Å². The Hall–Kier alpha value is -3.72. The number of nitro benzene ring substituents is 1. The van der Waals surface area contributed by atoms with Crippen molar-refractivity contribution in [3.05, 3.63) is 94.0 Å². The number of hydrogen-bond acceptors (Lipinski definition) is 6. The summed E-state index contributed by atoms with van der Waals surface area (Å²) in [6.07, 6.45) is 1.79. The van der Waals surface area contributed by atoms with E-state index in [0.29, 0.717) is 12.1 Å². The molecule has 0 fully saturated rings. The zero-order valence-corrected chi connectivity index (χ0v) is 17.1. The Labute approximate surface area is 179 Å². The quantitative estimate of drug-likeness (QED) is 0.339. The fourth-order valence-electron chi connectivity index (χ4n) is 3.48. The monoisotopic (exact) mass is 438 g/mol. The Bertz CT molecular complexity index is 1260. The Kier molecular flexibility index (Phi) is 5.43. The van der Waals surface area contributed by atoms with Crippen molar-refractivity contribution in [2.75, 3.05) is 11.4 Å². The van der Waals surface area contributed by atoms with Crippen LogP contribution in [0.4, 0.5) is 11.4 Å². The molecular weight excluding hydrogens is 420 g/mol. The molecule has 0 aromatic heterocycles. The zero-order chi connectivity index (χ0) is 22.0. The SMILES string of the molecule is O=C(c1ccc(OS(=O)(=O)c2cccc([N+](=O)[O-])c2)cc1)N1CCCc2ccccc21. The van der Waals surface area contributed by atoms with E-state index in [-0.39, 0.29) is 22.2 Å². The van der Waals surface area contributed by atoms with E-state index in [9.17, 15) is 23.3 Å². The molecule has 0 radical (unpaired) electrons. The van der Waals surface area contributed by atoms with Crippen LogP contribution in [-0.2, 0) is 16.5 Å². The van der Waals surface area contributed by atoms with Gasteiger partial charge in [-0.3, -0.25) is 14.9 Å². The molecule has 0 spiro atoms. The fourth-order valence-corrected chi connectivity index (χ4v) is 4.45. The number of rotatable bonds is 5. The largest absolute Gasteiger partial charge is 0.379 e. The van der Waals surface area contributed by atoms with Crippen LogP contribution in [0.3, 0.4) is 0 Å². The van der Waals surface area contributed by atoms with Crippen molar-refractivity contribution in [2.45, 2.75) is 17.7 Å². The van der Waals surface area contributed by atoms with Crippen LogP contribution in [0.1, 0.15) is 22.3 Å². The summed E-state index contributed by atoms with van der Waals surface area (Å²) in [5.74, 6) is -0.178. The second-order valence-electron chi connectivity index (χ2n) is 7.01. The molecule has 0 saturated carbocycles. The van der Waals surface area contributed by atoms with Gasteiger partial charge in [0, 0.05) is 29.9 Å². The van der Waals surface area contributed by atoms with Gasteiger partial charge in [0.15, 0.2) is 0 Å². The van der Waals surface area contributed by atoms with Gasteiger partial charge in [0.05, 0.1) is 4.92 Å². The number of non-ortho nitro benzene ring substituents is 1. The molecule has 4 rings (SSSR count). The predicted octanol–water partition coefficient (Wildman–Crippen LogP) is 3.96. The van der Waals surface area contributed by atoms with E-state index in [2.05, 4.69) is 0 Å². The summed E-state index contributed by atoms with van der Waals surface area (Å²) in [5.41, 5.74) is 2.04. The maximum Gasteiger partial charge on any atom is 0.339 e. The number of carbonyl (C=O) groups excluding carboxylic acids is 1. The number of amides is 1. The summed E-state index contributed by atoms with van der Waals surface area (Å²) in [6, 6.07) is 18.1. The maximum absolute atomic E-state index is 13.0. The normalized spacial score (nSPS) is 13.4. The highest BCUT2D eigenvalue weighted by atomic mass is 32.2. The van der Waals surface area contributed by atoms with Crippen molar-refractivity contribution < 1.29 is 22.3 Å². The smallest absolute Gasteiger partial charge is 0.339 e. The van der Waals surface area contributed by atoms with Crippen LogP contribution in [-0.4, -0.2) is 25.8 Å². The molecule has 31 heavy (non-hydrogen) atoms. The van der Waals surface area contributed by atoms with Crippen molar-refractivity contribution in [2.24, 2.45) is 0 Å². The molecule has 1 aliphatic heterocycles. The van der Waals surface area contributed by atoms with Gasteiger partial charge in [0.25, 0.3) is 11.6 Å². The third-order valence-corrected chi connectivity index (χ3v) is 6.22. The first-order valence-electron chi connectivity index (χ1n) is 9.54. The van der Waals surface area contributed by atoms with E-state index in [1.807, 2.05) is 24.3 Å². The molecule has 158 valence electrons. The minimum atomic E-state index is -4.26. The van der Waals surface area contributed by atoms with Crippen LogP contribution in [0.15, 0.2) is 77.7 Å². The summed E-state index contributed by atoms with van der Waals surface area (Å²) in [7, 11) is -4.26. The van der Waals surface area contributed by atoms with Gasteiger partial charge >= 0.3 is 10.1 Å². The van der Waals surface area contributed by atoms with Gasteiger partial charge in [-0.25, -0.2) is 0 Å². The number of anilines is 1. The second kappa shape index (κ2) is 8.19. The first-order chi connectivity index (χ1) is 14.8. The summed E-state index contributed by atoms with van der Waals surface area (Å²) in [5, 5.41) is 10.9. The van der Waals surface area contributed by atoms with Gasteiger partial charge in [0.1, 0.15) is 10.6 Å². The number of para-hydroxylation sites is 1. The highest BCUT2D eigenvalue weighted by Gasteiger charge is 2.24. The molecule has 8 nitrogen and oxygen atoms in total. The summed E-state index contributed by atoms with van der Waals surface area (Å²) in [6.45, 7) is 0.606. The van der Waals surface area contributed by atoms with E-state index < -0.39 is 15.0 Å². The fraction of sp³-hybridized carbons (Fsp3) is 0.136. The van der Waals surface area contributed by atoms with Gasteiger partial charge in [-0.15, -0.1) is 0 Å². The van der Waals surface area contributed by atoms with Crippen molar-refractivity contribution >= 4 is 27.4 Å². The molecule has 0 aliphatic carbocycles. The van der Waals surface area contributed by atoms with E-state index in [1.165, 1.54) is 42.5 Å². The van der Waals surface area contributed by atoms with Gasteiger partial charge < -0.3 is 9.08 Å². The third-order valence-electron chi connectivity index (χ3n) is 4.98. The van der Waals surface area contributed by atoms with Crippen LogP contribution >= 0.6 is 0 Å². The van der Waals surface area contributed by atoms with Gasteiger partial charge in [-0.05, 0) is 54.8 Å². The number of fused-ring (bicyclic) bond motifs is 1. The van der Waals surface area contributed by atoms with Crippen LogP contribution < -0.4 is 9.08 Å². The average Bonchev–Trinajstić information content (AvgIpc) is 2.78. The van der Waals surface area contributed by atoms with E-state index in [4.69, 9.17) is 4.18 Å². The topological polar surface area (TPSA) is 107 Å². The van der Waals surface area contributed by atoms with E-state index in [0.717, 1.165) is 30.2 Å². The lowest BCUT2D eigenvalue weighted by molar-refractivity contribution is -0.385. The number of carbonyl (C=O) groups is 1. The molecule has 9 heteroatoms. The minimum absolute atomic E-state index is 0.00194. The first-order valence-corrected chi connectivity index (χ1v) is 10.9. The second-order valence-corrected chi connectivity index (χ2v) is 8.55. The van der Waals surface area contributed by atoms with Crippen molar-refractivity contribution in [3.8, 4) is 5.75 Å². The molecule has 0 saturated heterocycles. The molecule has 1 amide bonds. The molecule has 0 unspecified atom stereocenters. The zero-order valence-electron chi connectivity index (χ0n) is 16.3. The highest BCUT2D eigenvalue weighted by Crippen LogP contribution is 2.29. The molecule has 3 aromatic rings. The first kappa shape index (κ1) is 20.5. The van der Waals surface area contributed by atoms with E-state index in [1.54, 1.807) is 4.90 Å². The summed E-state index contributed by atoms with van der Waals surface area (Å²) in [4.78, 5) is 24.6. The van der Waals surface area contributed by atoms with Crippen LogP contribution in [0.5, 0.6) is 5.75 Å². The van der Waals surface area contributed by atoms with Gasteiger partial charge in [0.2, 0.25) is 0 Å². The molecule has 0 atom stereocenters. The Morgan fingerprint density at radius 1 is 1.00 bits per heavy atom. The maximum atomic E-state index is 13.0. The van der Waals surface area contributed by atoms with E-state index >= 15 is 0 Å². The lowest BCUT2D eigenvalue weighted by Gasteiger charge is -2.29. The number of hydrogen-bond donors (Lipinski definition) is 0. The van der Waals surface area contributed by atoms with Crippen molar-refractivity contribution in [1.29, 1.82) is 0 Å². The average molecular weight is 438 g/mol. The van der Waals surface area contributed by atoms with Gasteiger partial charge in [-0.1, -0.05) is 24.3 Å². The molecule has 0 N–H and O–H groups in total. The number of benzene rings is 3. The molecular formula is C22H18N2O6S. The number of aryl methyl sites for hydroxylation is 1. The summed E-state index contributed by atoms with van der Waals surface area (Å²) >= 11 is 0. The standard InChI is InChI=1S/C22H18N2O6S/c25-22(23-14-4-6-16-5-1-2-9-21(16)23)17-10-12-19(13-11-17)30-31(28,29)20-8-3-7-18(15-20)24(26)27/h1-3,5,7-13,15H,4,6,14H2. The third kappa shape index (κ3) is 4.26. The van der Waals surface area contributed by atoms with Crippen LogP contribution in [0.2, 0.25) is 0 Å². The highest BCUT2D eigenvalue weighted by molar-refractivity contribution is 7.87. The van der Waals surface area contributed by atoms with Crippen molar-refractivity contribution in [3.63, 3.8) is 0 Å². The van der Waals surface area contributed by atoms with Crippen LogP contribution in [0, 0.1) is 10.1 Å². The van der Waals surface area contributed by atoms with Crippen molar-refractivity contribution in [1.82, 2.24) is 0 Å². The summed E-state index contributed by atoms with van der Waals surface area (Å²) < 4.78 is 30.0. The Balaban J connectivity index is 1.53. The molecule has 3 aromatic carbocycles. The lowest BCUT2D eigenvalue weighted by atomic mass is 10.0. The minimum Gasteiger partial charge on any atom is -0.379 e. The lowest BCUT2D eigenvalue weighted by Crippen LogP contribution is -2.35. The number of nitro groups is 1. The van der Waals surface area contributed by atoms with Crippen LogP contribution in [0.25, 0.3) is 0 Å².